The van der Waals surface area contributed by atoms with Crippen LogP contribution in [0, 0.1) is 0 Å². The van der Waals surface area contributed by atoms with Crippen molar-refractivity contribution in [3.8, 4) is 5.75 Å². The zero-order valence-electron chi connectivity index (χ0n) is 8.46. The van der Waals surface area contributed by atoms with Crippen molar-refractivity contribution in [2.45, 2.75) is 18.9 Å². The van der Waals surface area contributed by atoms with E-state index in [1.165, 1.54) is 18.2 Å². The molecule has 0 bridgehead atoms. The van der Waals surface area contributed by atoms with Crippen LogP contribution >= 0.6 is 0 Å². The van der Waals surface area contributed by atoms with E-state index in [2.05, 4.69) is 0 Å². The number of aliphatic hydroxyl groups is 1. The molecule has 0 fully saturated rings. The maximum Gasteiger partial charge on any atom is 0.337 e. The minimum absolute atomic E-state index is 0.111. The first-order chi connectivity index (χ1) is 7.56. The number of hydrogen-bond donors (Lipinski definition) is 3. The van der Waals surface area contributed by atoms with Gasteiger partial charge in [0.1, 0.15) is 12.0 Å². The van der Waals surface area contributed by atoms with Crippen molar-refractivity contribution >= 4 is 12.3 Å². The quantitative estimate of drug-likeness (QED) is 0.638. The number of aldehydes is 1. The highest BCUT2D eigenvalue weighted by atomic mass is 16.4. The van der Waals surface area contributed by atoms with E-state index in [1.807, 2.05) is 0 Å². The molecule has 1 unspecified atom stereocenters. The van der Waals surface area contributed by atoms with Gasteiger partial charge in [0.25, 0.3) is 0 Å². The number of aromatic hydroxyl groups is 1. The van der Waals surface area contributed by atoms with Gasteiger partial charge in [-0.05, 0) is 23.6 Å². The third-order valence-corrected chi connectivity index (χ3v) is 2.19. The van der Waals surface area contributed by atoms with Crippen molar-refractivity contribution in [2.75, 3.05) is 0 Å². The Morgan fingerprint density at radius 3 is 2.62 bits per heavy atom. The third-order valence-electron chi connectivity index (χ3n) is 2.19. The van der Waals surface area contributed by atoms with Crippen LogP contribution in [0.3, 0.4) is 0 Å². The summed E-state index contributed by atoms with van der Waals surface area (Å²) in [6.45, 7) is 0. The number of carboxylic acid groups (broad SMARTS) is 1. The molecule has 0 spiro atoms. The number of aliphatic carboxylic acids is 1. The van der Waals surface area contributed by atoms with Gasteiger partial charge in [-0.15, -0.1) is 0 Å². The summed E-state index contributed by atoms with van der Waals surface area (Å²) >= 11 is 0. The highest BCUT2D eigenvalue weighted by molar-refractivity contribution is 5.74. The van der Waals surface area contributed by atoms with Crippen LogP contribution in [0.1, 0.15) is 23.7 Å². The second-order valence-corrected chi connectivity index (χ2v) is 3.33. The first-order valence-corrected chi connectivity index (χ1v) is 4.72. The summed E-state index contributed by atoms with van der Waals surface area (Å²) in [5.41, 5.74) is 0.660. The molecule has 5 nitrogen and oxygen atoms in total. The van der Waals surface area contributed by atoms with Crippen molar-refractivity contribution in [2.24, 2.45) is 0 Å². The Balaban J connectivity index is 2.90. The number of carbonyl (C=O) groups is 2. The van der Waals surface area contributed by atoms with Crippen molar-refractivity contribution in [3.63, 3.8) is 0 Å². The van der Waals surface area contributed by atoms with E-state index in [4.69, 9.17) is 5.11 Å². The van der Waals surface area contributed by atoms with E-state index in [0.717, 1.165) is 6.29 Å². The van der Waals surface area contributed by atoms with Crippen molar-refractivity contribution < 1.29 is 24.9 Å². The highest BCUT2D eigenvalue weighted by Gasteiger charge is 2.16. The molecule has 0 aromatic heterocycles. The Hall–Kier alpha value is -1.88. The smallest absolute Gasteiger partial charge is 0.337 e. The van der Waals surface area contributed by atoms with Crippen LogP contribution in [0.5, 0.6) is 5.75 Å². The molecule has 1 atom stereocenters. The number of carboxylic acids is 1. The van der Waals surface area contributed by atoms with E-state index in [9.17, 15) is 19.8 Å². The molecule has 0 heterocycles. The maximum absolute atomic E-state index is 10.5. The van der Waals surface area contributed by atoms with Gasteiger partial charge in [0.05, 0.1) is 0 Å². The van der Waals surface area contributed by atoms with Crippen LogP contribution in [0.15, 0.2) is 18.2 Å². The summed E-state index contributed by atoms with van der Waals surface area (Å²) in [4.78, 5) is 20.6. The molecule has 3 N–H and O–H groups in total. The minimum Gasteiger partial charge on any atom is -0.508 e. The second kappa shape index (κ2) is 5.27. The maximum atomic E-state index is 10.5. The predicted octanol–water partition coefficient (Wildman–Crippen LogP) is 0.642. The lowest BCUT2D eigenvalue weighted by molar-refractivity contribution is -0.146. The first-order valence-electron chi connectivity index (χ1n) is 4.72. The van der Waals surface area contributed by atoms with Gasteiger partial charge in [0.2, 0.25) is 0 Å². The summed E-state index contributed by atoms with van der Waals surface area (Å²) in [6.07, 6.45) is -0.238. The fourth-order valence-electron chi connectivity index (χ4n) is 1.32. The largest absolute Gasteiger partial charge is 0.508 e. The van der Waals surface area contributed by atoms with Gasteiger partial charge in [-0.2, -0.15) is 0 Å². The van der Waals surface area contributed by atoms with Gasteiger partial charge in [0.15, 0.2) is 6.10 Å². The zero-order chi connectivity index (χ0) is 12.1. The summed E-state index contributed by atoms with van der Waals surface area (Å²) in [7, 11) is 0. The lowest BCUT2D eigenvalue weighted by Gasteiger charge is -2.08. The molecule has 0 amide bonds. The number of rotatable bonds is 5. The van der Waals surface area contributed by atoms with E-state index in [1.54, 1.807) is 0 Å². The molecule has 1 aromatic carbocycles. The van der Waals surface area contributed by atoms with Crippen molar-refractivity contribution in [3.05, 3.63) is 29.3 Å². The van der Waals surface area contributed by atoms with E-state index in [-0.39, 0.29) is 17.7 Å². The number of carbonyl (C=O) groups excluding carboxylic acids is 1. The topological polar surface area (TPSA) is 94.8 Å². The van der Waals surface area contributed by atoms with Gasteiger partial charge in [-0.25, -0.2) is 4.79 Å². The molecule has 0 saturated carbocycles. The van der Waals surface area contributed by atoms with Crippen LogP contribution in [-0.4, -0.2) is 27.6 Å². The fraction of sp³-hybridized carbons (Fsp3) is 0.273. The van der Waals surface area contributed by atoms with Crippen LogP contribution in [0.2, 0.25) is 0 Å². The summed E-state index contributed by atoms with van der Waals surface area (Å²) in [5.74, 6) is -1.49. The zero-order valence-corrected chi connectivity index (χ0v) is 8.46. The highest BCUT2D eigenvalue weighted by Crippen LogP contribution is 2.23. The Labute approximate surface area is 92.0 Å². The molecule has 0 aliphatic heterocycles. The molecule has 5 heteroatoms. The van der Waals surface area contributed by atoms with Gasteiger partial charge in [-0.1, -0.05) is 12.1 Å². The van der Waals surface area contributed by atoms with Crippen LogP contribution in [-0.2, 0) is 16.0 Å². The SMILES string of the molecule is O=CCCc1ccc(C(O)C(=O)O)cc1O. The second-order valence-electron chi connectivity index (χ2n) is 3.33. The normalized spacial score (nSPS) is 12.1. The lowest BCUT2D eigenvalue weighted by Crippen LogP contribution is -2.10. The summed E-state index contributed by atoms with van der Waals surface area (Å²) in [6, 6.07) is 4.11. The number of benzene rings is 1. The average Bonchev–Trinajstić information content (AvgIpc) is 2.26. The lowest BCUT2D eigenvalue weighted by atomic mass is 10.0. The van der Waals surface area contributed by atoms with Crippen molar-refractivity contribution in [1.82, 2.24) is 0 Å². The van der Waals surface area contributed by atoms with E-state index >= 15 is 0 Å². The molecule has 16 heavy (non-hydrogen) atoms. The van der Waals surface area contributed by atoms with Gasteiger partial charge in [-0.3, -0.25) is 0 Å². The number of aryl methyl sites for hydroxylation is 1. The minimum atomic E-state index is -1.65. The average molecular weight is 224 g/mol. The molecule has 1 aromatic rings. The molecule has 1 rings (SSSR count). The van der Waals surface area contributed by atoms with Gasteiger partial charge < -0.3 is 20.1 Å². The number of aliphatic hydroxyl groups excluding tert-OH is 1. The van der Waals surface area contributed by atoms with Crippen LogP contribution in [0.4, 0.5) is 0 Å². The van der Waals surface area contributed by atoms with E-state index < -0.39 is 12.1 Å². The number of phenols is 1. The molecule has 0 saturated heterocycles. The third kappa shape index (κ3) is 2.80. The van der Waals surface area contributed by atoms with Gasteiger partial charge >= 0.3 is 5.97 Å². The Bertz CT molecular complexity index is 399. The van der Waals surface area contributed by atoms with E-state index in [0.29, 0.717) is 12.0 Å². The monoisotopic (exact) mass is 224 g/mol. The molecular weight excluding hydrogens is 212 g/mol. The number of phenolic OH excluding ortho intramolecular Hbond substituents is 1. The van der Waals surface area contributed by atoms with Gasteiger partial charge in [0, 0.05) is 6.42 Å². The standard InChI is InChI=1S/C11H12O5/c12-5-1-2-7-3-4-8(6-9(7)13)10(14)11(15)16/h3-6,10,13-14H,1-2H2,(H,15,16). The molecule has 0 aliphatic carbocycles. The summed E-state index contributed by atoms with van der Waals surface area (Å²) in [5, 5.41) is 27.3. The molecule has 0 radical (unpaired) electrons. The Morgan fingerprint density at radius 2 is 2.12 bits per heavy atom. The fourth-order valence-corrected chi connectivity index (χ4v) is 1.32. The first kappa shape index (κ1) is 12.2. The van der Waals surface area contributed by atoms with Crippen molar-refractivity contribution in [1.29, 1.82) is 0 Å². The predicted molar refractivity (Wildman–Crippen MR) is 55.1 cm³/mol. The summed E-state index contributed by atoms with van der Waals surface area (Å²) < 4.78 is 0. The molecular formula is C11H12O5. The molecule has 86 valence electrons. The molecule has 0 aliphatic rings. The Kier molecular flexibility index (Phi) is 4.02. The van der Waals surface area contributed by atoms with Crippen LogP contribution < -0.4 is 0 Å². The number of hydrogen-bond acceptors (Lipinski definition) is 4. The Morgan fingerprint density at radius 1 is 1.44 bits per heavy atom. The van der Waals surface area contributed by atoms with Crippen LogP contribution in [0.25, 0.3) is 0 Å².